The number of hydrogen-bond donors (Lipinski definition) is 0. The molecule has 0 aromatic heterocycles. The molecule has 0 heterocycles. The summed E-state index contributed by atoms with van der Waals surface area (Å²) in [6.07, 6.45) is 0. The molecule has 0 saturated heterocycles. The van der Waals surface area contributed by atoms with Crippen molar-refractivity contribution in [2.75, 3.05) is 0 Å². The van der Waals surface area contributed by atoms with Crippen molar-refractivity contribution in [1.29, 1.82) is 0 Å². The van der Waals surface area contributed by atoms with Gasteiger partial charge < -0.3 is 0 Å². The molecule has 0 aliphatic heterocycles. The normalized spacial score (nSPS) is 10.2. The van der Waals surface area contributed by atoms with Gasteiger partial charge in [-0.05, 0) is 27.8 Å². The molecule has 0 nitrogen and oxygen atoms in total. The first-order chi connectivity index (χ1) is 1.91. The Hall–Kier alpha value is 1.29. The fourth-order valence-electron chi connectivity index (χ4n) is 0. The molecule has 4 heteroatoms. The largest absolute Gasteiger partial charge is 0.0915 e. The van der Waals surface area contributed by atoms with Crippen molar-refractivity contribution in [3.8, 4) is 0 Å². The lowest BCUT2D eigenvalue weighted by atomic mass is 30.1. The average Bonchev–Trinajstić information content (AvgIpc) is 1.37. The maximum absolute atomic E-state index is 5.04. The van der Waals surface area contributed by atoms with Gasteiger partial charge in [0.05, 0.1) is 0 Å². The van der Waals surface area contributed by atoms with E-state index in [-0.39, 0.29) is 6.56 Å². The van der Waals surface area contributed by atoms with Gasteiger partial charge in [0.2, 0.25) is 0 Å². The first-order valence-corrected chi connectivity index (χ1v) is 5.63. The van der Waals surface area contributed by atoms with E-state index in [1.165, 1.54) is 10.6 Å². The molecule has 0 aliphatic carbocycles. The Morgan fingerprint density at radius 1 is 2.00 bits per heavy atom. The summed E-state index contributed by atoms with van der Waals surface area (Å²) in [4.78, 5) is 0. The number of hydrogen-bond acceptors (Lipinski definition) is 2. The fraction of sp³-hybridized carbons (Fsp3) is 0. The molecule has 1 atom stereocenters. The van der Waals surface area contributed by atoms with Crippen LogP contribution in [-0.2, 0) is 11.8 Å². The van der Waals surface area contributed by atoms with Crippen molar-refractivity contribution in [2.24, 2.45) is 0 Å². The van der Waals surface area contributed by atoms with E-state index in [9.17, 15) is 0 Å². The van der Waals surface area contributed by atoms with Crippen molar-refractivity contribution in [3.05, 3.63) is 0 Å². The molecule has 0 saturated carbocycles. The molecule has 0 aromatic rings. The van der Waals surface area contributed by atoms with Gasteiger partial charge >= 0.3 is 0 Å². The van der Waals surface area contributed by atoms with Crippen LogP contribution in [0.25, 0.3) is 0 Å². The lowest BCUT2D eigenvalue weighted by molar-refractivity contribution is 5.25. The van der Waals surface area contributed by atoms with Crippen LogP contribution in [0.15, 0.2) is 0 Å². The van der Waals surface area contributed by atoms with E-state index >= 15 is 0 Å². The maximum atomic E-state index is 5.04. The summed E-state index contributed by atoms with van der Waals surface area (Å²) in [6.45, 7) is 0.0478. The van der Waals surface area contributed by atoms with Gasteiger partial charge in [0.1, 0.15) is 0 Å². The predicted molar refractivity (Wildman–Crippen MR) is 30.5 cm³/mol. The highest BCUT2D eigenvalue weighted by Crippen LogP contribution is 2.21. The quantitative estimate of drug-likeness (QED) is 0.498. The van der Waals surface area contributed by atoms with Crippen LogP contribution in [0.2, 0.25) is 0 Å². The van der Waals surface area contributed by atoms with E-state index in [2.05, 4.69) is 11.8 Å². The SMILES string of the molecule is S=[PH2]SCl. The molecular formula is H2ClPS2. The minimum atomic E-state index is 0.0478. The first kappa shape index (κ1) is 5.29. The molecule has 0 spiro atoms. The standard InChI is InChI=1S/ClH2PS2/c1-4-2-3/h2H2. The second-order valence-corrected chi connectivity index (χ2v) is 5.00. The molecule has 0 N–H and O–H groups in total. The van der Waals surface area contributed by atoms with Gasteiger partial charge in [-0.2, -0.15) is 0 Å². The van der Waals surface area contributed by atoms with Gasteiger partial charge in [-0.15, -0.1) is 0 Å². The zero-order valence-electron chi connectivity index (χ0n) is 1.77. The van der Waals surface area contributed by atoms with Crippen molar-refractivity contribution in [1.82, 2.24) is 0 Å². The molecule has 0 radical (unpaired) electrons. The Bertz CT molecular complexity index is 20.0. The van der Waals surface area contributed by atoms with Gasteiger partial charge in [0, 0.05) is 0 Å². The minimum absolute atomic E-state index is 0.0478. The fourth-order valence-corrected chi connectivity index (χ4v) is 0. The summed E-state index contributed by atoms with van der Waals surface area (Å²) in [6, 6.07) is 0. The lowest BCUT2D eigenvalue weighted by Crippen LogP contribution is -0.865. The Kier molecular flexibility index (Phi) is 5.67. The minimum Gasteiger partial charge on any atom is -0.0915 e. The summed E-state index contributed by atoms with van der Waals surface area (Å²) in [5.74, 6) is 0. The van der Waals surface area contributed by atoms with E-state index in [0.29, 0.717) is 0 Å². The zero-order valence-corrected chi connectivity index (χ0v) is 5.32. The molecule has 4 heavy (non-hydrogen) atoms. The van der Waals surface area contributed by atoms with Gasteiger partial charge in [-0.3, -0.25) is 0 Å². The second-order valence-electron chi connectivity index (χ2n) is 0.185. The van der Waals surface area contributed by atoms with E-state index in [1.807, 2.05) is 0 Å². The summed E-state index contributed by atoms with van der Waals surface area (Å²) < 4.78 is 0. The molecule has 0 bridgehead atoms. The molecular weight excluding hydrogens is 131 g/mol. The zero-order chi connectivity index (χ0) is 3.41. The van der Waals surface area contributed by atoms with E-state index in [1.54, 1.807) is 0 Å². The highest BCUT2D eigenvalue weighted by atomic mass is 35.7. The van der Waals surface area contributed by atoms with Crippen LogP contribution in [0.3, 0.4) is 0 Å². The van der Waals surface area contributed by atoms with Crippen molar-refractivity contribution >= 4 is 39.6 Å². The van der Waals surface area contributed by atoms with Crippen LogP contribution in [0.4, 0.5) is 0 Å². The lowest BCUT2D eigenvalue weighted by Gasteiger charge is -1.53. The van der Waals surface area contributed by atoms with Crippen molar-refractivity contribution in [2.45, 2.75) is 0 Å². The topological polar surface area (TPSA) is 0 Å². The average molecular weight is 133 g/mol. The third-order valence-corrected chi connectivity index (χ3v) is 2.95. The predicted octanol–water partition coefficient (Wildman–Crippen LogP) is 1.66. The van der Waals surface area contributed by atoms with E-state index < -0.39 is 0 Å². The number of halogens is 1. The van der Waals surface area contributed by atoms with Crippen LogP contribution in [-0.4, -0.2) is 0 Å². The van der Waals surface area contributed by atoms with Gasteiger partial charge in [0.15, 0.2) is 0 Å². The van der Waals surface area contributed by atoms with Crippen LogP contribution < -0.4 is 0 Å². The van der Waals surface area contributed by atoms with E-state index in [0.717, 1.165) is 0 Å². The molecule has 0 fully saturated rings. The summed E-state index contributed by atoms with van der Waals surface area (Å²) in [5.41, 5.74) is 0. The Morgan fingerprint density at radius 3 is 2.25 bits per heavy atom. The molecule has 0 aromatic carbocycles. The molecule has 26 valence electrons. The molecule has 0 rings (SSSR count). The number of rotatable bonds is 1. The third kappa shape index (κ3) is 3.29. The highest BCUT2D eigenvalue weighted by Gasteiger charge is 1.49. The Morgan fingerprint density at radius 2 is 2.25 bits per heavy atom. The second kappa shape index (κ2) is 4.29. The third-order valence-electron chi connectivity index (χ3n) is 0.0364. The van der Waals surface area contributed by atoms with E-state index in [4.69, 9.17) is 10.7 Å². The molecule has 1 unspecified atom stereocenters. The first-order valence-electron chi connectivity index (χ1n) is 0.626. The highest BCUT2D eigenvalue weighted by molar-refractivity contribution is 8.68. The Balaban J connectivity index is 2.30. The van der Waals surface area contributed by atoms with Crippen molar-refractivity contribution in [3.63, 3.8) is 0 Å². The van der Waals surface area contributed by atoms with Gasteiger partial charge in [0.25, 0.3) is 0 Å². The maximum Gasteiger partial charge on any atom is -0.000813 e. The molecule has 0 aliphatic rings. The summed E-state index contributed by atoms with van der Waals surface area (Å²) >= 11 is 4.47. The summed E-state index contributed by atoms with van der Waals surface area (Å²) in [5, 5.41) is 0. The smallest absolute Gasteiger partial charge is 0.000813 e. The molecule has 0 amide bonds. The monoisotopic (exact) mass is 132 g/mol. The van der Waals surface area contributed by atoms with Crippen LogP contribution in [0.1, 0.15) is 0 Å². The van der Waals surface area contributed by atoms with Crippen molar-refractivity contribution < 1.29 is 0 Å². The van der Waals surface area contributed by atoms with Gasteiger partial charge in [-0.25, -0.2) is 0 Å². The Labute approximate surface area is 40.0 Å². The summed E-state index contributed by atoms with van der Waals surface area (Å²) in [7, 11) is 6.26. The van der Waals surface area contributed by atoms with Gasteiger partial charge in [-0.1, -0.05) is 11.8 Å². The van der Waals surface area contributed by atoms with Crippen LogP contribution in [0.5, 0.6) is 0 Å². The van der Waals surface area contributed by atoms with Crippen LogP contribution >= 0.6 is 27.8 Å². The van der Waals surface area contributed by atoms with Crippen LogP contribution in [0, 0.1) is 0 Å².